The van der Waals surface area contributed by atoms with Gasteiger partial charge in [-0.3, -0.25) is 9.36 Å². The Morgan fingerprint density at radius 1 is 1.09 bits per heavy atom. The Labute approximate surface area is 200 Å². The Balaban J connectivity index is 1.51. The number of carbonyl (C=O) groups excluding carboxylic acids is 1. The fraction of sp³-hybridized carbons (Fsp3) is 0.192. The average Bonchev–Trinajstić information content (AvgIpc) is 3.61. The van der Waals surface area contributed by atoms with Gasteiger partial charge in [0.2, 0.25) is 0 Å². The minimum atomic E-state index is -0.617. The van der Waals surface area contributed by atoms with Crippen LogP contribution in [0.2, 0.25) is 0 Å². The van der Waals surface area contributed by atoms with Crippen molar-refractivity contribution in [3.63, 3.8) is 0 Å². The summed E-state index contributed by atoms with van der Waals surface area (Å²) in [4.78, 5) is 26.7. The smallest absolute Gasteiger partial charge is 0.251 e. The molecule has 35 heavy (non-hydrogen) atoms. The molecule has 1 atom stereocenters. The third-order valence-electron chi connectivity index (χ3n) is 6.12. The topological polar surface area (TPSA) is 144 Å². The second kappa shape index (κ2) is 8.37. The number of amides is 1. The van der Waals surface area contributed by atoms with E-state index in [9.17, 15) is 15.3 Å². The van der Waals surface area contributed by atoms with Crippen LogP contribution in [-0.2, 0) is 5.41 Å². The van der Waals surface area contributed by atoms with Crippen LogP contribution >= 0.6 is 0 Å². The van der Waals surface area contributed by atoms with Gasteiger partial charge in [-0.05, 0) is 67.8 Å². The second-order valence-corrected chi connectivity index (χ2v) is 8.47. The maximum atomic E-state index is 13.2. The van der Waals surface area contributed by atoms with Crippen LogP contribution in [0.1, 0.15) is 58.7 Å². The third-order valence-corrected chi connectivity index (χ3v) is 6.12. The molecule has 9 heteroatoms. The quantitative estimate of drug-likeness (QED) is 0.481. The van der Waals surface area contributed by atoms with Gasteiger partial charge in [-0.2, -0.15) is 15.8 Å². The van der Waals surface area contributed by atoms with Crippen LogP contribution in [0.25, 0.3) is 17.0 Å². The highest BCUT2D eigenvalue weighted by Crippen LogP contribution is 2.48. The molecule has 1 fully saturated rings. The average molecular weight is 458 g/mol. The zero-order valence-corrected chi connectivity index (χ0v) is 18.7. The molecule has 0 radical (unpaired) electrons. The van der Waals surface area contributed by atoms with Gasteiger partial charge in [-0.15, -0.1) is 0 Å². The summed E-state index contributed by atoms with van der Waals surface area (Å²) in [6.07, 6.45) is 4.54. The van der Waals surface area contributed by atoms with E-state index in [0.717, 1.165) is 0 Å². The predicted octanol–water partition coefficient (Wildman–Crippen LogP) is 3.61. The van der Waals surface area contributed by atoms with Crippen LogP contribution in [0.3, 0.4) is 0 Å². The summed E-state index contributed by atoms with van der Waals surface area (Å²) in [6.45, 7) is 1.80. The minimum Gasteiger partial charge on any atom is -0.342 e. The number of fused-ring (bicyclic) bond motifs is 1. The lowest BCUT2D eigenvalue weighted by atomic mass is 9.93. The lowest BCUT2D eigenvalue weighted by Crippen LogP contribution is -2.29. The summed E-state index contributed by atoms with van der Waals surface area (Å²) < 4.78 is 1.74. The Bertz CT molecular complexity index is 1590. The number of hydrogen-bond donors (Lipinski definition) is 1. The van der Waals surface area contributed by atoms with Crippen LogP contribution in [0, 0.1) is 34.0 Å². The Morgan fingerprint density at radius 3 is 2.54 bits per heavy atom. The van der Waals surface area contributed by atoms with Crippen LogP contribution in [-0.4, -0.2) is 25.4 Å². The maximum Gasteiger partial charge on any atom is 0.251 e. The van der Waals surface area contributed by atoms with E-state index in [-0.39, 0.29) is 5.91 Å². The monoisotopic (exact) mass is 458 g/mol. The van der Waals surface area contributed by atoms with Crippen LogP contribution in [0.5, 0.6) is 0 Å². The molecule has 1 aliphatic rings. The number of benzene rings is 1. The molecule has 1 N–H and O–H groups in total. The fourth-order valence-electron chi connectivity index (χ4n) is 4.06. The highest BCUT2D eigenvalue weighted by atomic mass is 16.1. The van der Waals surface area contributed by atoms with E-state index < -0.39 is 11.5 Å². The number of nitrogens with one attached hydrogen (secondary N) is 1. The van der Waals surface area contributed by atoms with Gasteiger partial charge in [0, 0.05) is 18.0 Å². The van der Waals surface area contributed by atoms with E-state index in [1.165, 1.54) is 12.3 Å². The van der Waals surface area contributed by atoms with E-state index in [0.29, 0.717) is 57.9 Å². The lowest BCUT2D eigenvalue weighted by molar-refractivity contribution is 0.0938. The number of hydrogen-bond acceptors (Lipinski definition) is 7. The molecule has 1 aromatic carbocycles. The van der Waals surface area contributed by atoms with Crippen molar-refractivity contribution >= 4 is 17.1 Å². The fourth-order valence-corrected chi connectivity index (χ4v) is 4.06. The van der Waals surface area contributed by atoms with Crippen LogP contribution in [0.15, 0.2) is 54.9 Å². The zero-order valence-electron chi connectivity index (χ0n) is 18.7. The molecule has 168 valence electrons. The summed E-state index contributed by atoms with van der Waals surface area (Å²) in [5, 5.41) is 31.1. The van der Waals surface area contributed by atoms with E-state index in [4.69, 9.17) is 5.26 Å². The van der Waals surface area contributed by atoms with Crippen molar-refractivity contribution in [2.24, 2.45) is 0 Å². The van der Waals surface area contributed by atoms with Crippen molar-refractivity contribution in [3.05, 3.63) is 82.9 Å². The van der Waals surface area contributed by atoms with Crippen molar-refractivity contribution in [3.8, 4) is 24.0 Å². The molecule has 0 bridgehead atoms. The van der Waals surface area contributed by atoms with Gasteiger partial charge in [-0.25, -0.2) is 15.0 Å². The van der Waals surface area contributed by atoms with Crippen molar-refractivity contribution < 1.29 is 4.79 Å². The van der Waals surface area contributed by atoms with Gasteiger partial charge >= 0.3 is 0 Å². The van der Waals surface area contributed by atoms with Gasteiger partial charge in [0.05, 0.1) is 34.7 Å². The highest BCUT2D eigenvalue weighted by Gasteiger charge is 2.45. The number of nitrogens with zero attached hydrogens (tertiary/aromatic N) is 7. The molecule has 0 unspecified atom stereocenters. The molecule has 0 saturated heterocycles. The molecule has 0 spiro atoms. The number of carbonyl (C=O) groups is 1. The van der Waals surface area contributed by atoms with Crippen LogP contribution < -0.4 is 5.32 Å². The summed E-state index contributed by atoms with van der Waals surface area (Å²) in [7, 11) is 0. The summed E-state index contributed by atoms with van der Waals surface area (Å²) in [5.41, 5.74) is 2.34. The first-order valence-corrected chi connectivity index (χ1v) is 11.0. The third kappa shape index (κ3) is 3.84. The summed E-state index contributed by atoms with van der Waals surface area (Å²) in [5.74, 6) is 0.639. The van der Waals surface area contributed by atoms with Gasteiger partial charge in [0.25, 0.3) is 5.91 Å². The Kier molecular flexibility index (Phi) is 5.20. The van der Waals surface area contributed by atoms with Crippen molar-refractivity contribution in [2.75, 3.05) is 0 Å². The normalized spacial score (nSPS) is 14.3. The molecule has 3 aromatic heterocycles. The van der Waals surface area contributed by atoms with Crippen molar-refractivity contribution in [1.82, 2.24) is 24.8 Å². The SMILES string of the molecule is C[C@H](NC(=O)c1cc(C#N)cc(C2(C#N)CC2)c1)c1nc2cccnc2n1-c1ccc(C#N)cn1. The standard InChI is InChI=1S/C26H18N8O/c1-16(32-25(35)19-9-18(13-28)10-20(11-19)26(15-29)6-7-26)23-33-21-3-2-8-30-24(21)34(23)22-5-4-17(12-27)14-31-22/h2-5,8-11,14,16H,6-7H2,1H3,(H,32,35)/t16-/m0/s1. The van der Waals surface area contributed by atoms with Gasteiger partial charge in [0.1, 0.15) is 23.2 Å². The molecule has 5 rings (SSSR count). The molecule has 1 saturated carbocycles. The maximum absolute atomic E-state index is 13.2. The van der Waals surface area contributed by atoms with E-state index >= 15 is 0 Å². The highest BCUT2D eigenvalue weighted by molar-refractivity contribution is 5.95. The molecule has 4 aromatic rings. The number of rotatable bonds is 5. The molecule has 3 heterocycles. The van der Waals surface area contributed by atoms with E-state index in [2.05, 4.69) is 32.4 Å². The number of nitriles is 3. The van der Waals surface area contributed by atoms with Gasteiger partial charge in [0.15, 0.2) is 5.65 Å². The first-order valence-electron chi connectivity index (χ1n) is 11.0. The first kappa shape index (κ1) is 21.8. The second-order valence-electron chi connectivity index (χ2n) is 8.47. The van der Waals surface area contributed by atoms with Gasteiger partial charge < -0.3 is 5.32 Å². The first-order chi connectivity index (χ1) is 17.0. The molecule has 0 aliphatic heterocycles. The van der Waals surface area contributed by atoms with E-state index in [1.807, 2.05) is 12.1 Å². The van der Waals surface area contributed by atoms with Crippen molar-refractivity contribution in [2.45, 2.75) is 31.2 Å². The number of aromatic nitrogens is 4. The molecule has 9 nitrogen and oxygen atoms in total. The summed E-state index contributed by atoms with van der Waals surface area (Å²) >= 11 is 0. The molecular weight excluding hydrogens is 440 g/mol. The molecule has 1 aliphatic carbocycles. The molecule has 1 amide bonds. The lowest BCUT2D eigenvalue weighted by Gasteiger charge is -2.16. The Morgan fingerprint density at radius 2 is 1.89 bits per heavy atom. The summed E-state index contributed by atoms with van der Waals surface area (Å²) in [6, 6.07) is 17.7. The predicted molar refractivity (Wildman–Crippen MR) is 125 cm³/mol. The zero-order chi connectivity index (χ0) is 24.6. The van der Waals surface area contributed by atoms with Crippen LogP contribution in [0.4, 0.5) is 0 Å². The van der Waals surface area contributed by atoms with Gasteiger partial charge in [-0.1, -0.05) is 0 Å². The van der Waals surface area contributed by atoms with Crippen molar-refractivity contribution in [1.29, 1.82) is 15.8 Å². The number of imidazole rings is 1. The Hall–Kier alpha value is -5.07. The van der Waals surface area contributed by atoms with E-state index in [1.54, 1.807) is 48.0 Å². The molecular formula is C26H18N8O. The minimum absolute atomic E-state index is 0.310. The number of pyridine rings is 2. The largest absolute Gasteiger partial charge is 0.342 e.